The van der Waals surface area contributed by atoms with Crippen molar-refractivity contribution < 1.29 is 23.9 Å². The fourth-order valence-electron chi connectivity index (χ4n) is 3.04. The third-order valence-corrected chi connectivity index (χ3v) is 4.49. The molecule has 1 heterocycles. The molecule has 6 nitrogen and oxygen atoms in total. The van der Waals surface area contributed by atoms with Crippen molar-refractivity contribution in [2.45, 2.75) is 6.61 Å². The molecule has 4 aromatic rings. The van der Waals surface area contributed by atoms with Gasteiger partial charge in [-0.1, -0.05) is 41.6 Å². The van der Waals surface area contributed by atoms with Gasteiger partial charge in [-0.15, -0.1) is 0 Å². The minimum absolute atomic E-state index is 0.133. The summed E-state index contributed by atoms with van der Waals surface area (Å²) in [5, 5.41) is 22.6. The third kappa shape index (κ3) is 3.63. The van der Waals surface area contributed by atoms with Crippen molar-refractivity contribution in [3.63, 3.8) is 0 Å². The Morgan fingerprint density at radius 1 is 0.966 bits per heavy atom. The summed E-state index contributed by atoms with van der Waals surface area (Å²) >= 11 is 0. The number of benzene rings is 3. The van der Waals surface area contributed by atoms with E-state index in [-0.39, 0.29) is 18.3 Å². The summed E-state index contributed by atoms with van der Waals surface area (Å²) in [7, 11) is 0. The second-order valence-electron chi connectivity index (χ2n) is 6.32. The number of carbonyl (C=O) groups is 1. The monoisotopic (exact) mass is 390 g/mol. The molecule has 7 heteroatoms. The topological polar surface area (TPSA) is 96.5 Å². The van der Waals surface area contributed by atoms with Crippen LogP contribution >= 0.6 is 0 Å². The smallest absolute Gasteiger partial charge is 0.338 e. The Kier molecular flexibility index (Phi) is 4.88. The summed E-state index contributed by atoms with van der Waals surface area (Å²) in [4.78, 5) is 15.2. The predicted octanol–water partition coefficient (Wildman–Crippen LogP) is 4.40. The standard InChI is InChI=1S/C22H15FN2O4/c23-19-11-14(6-9-18(19)22(27)28)20-24-21(29-25-20)15-7-8-17(16(10-15)12-26)13-4-2-1-3-5-13/h1-11,26H,12H2,(H,27,28). The second-order valence-corrected chi connectivity index (χ2v) is 6.32. The molecule has 0 saturated carbocycles. The van der Waals surface area contributed by atoms with Crippen LogP contribution in [0.15, 0.2) is 71.3 Å². The average Bonchev–Trinajstić information content (AvgIpc) is 3.24. The molecular weight excluding hydrogens is 375 g/mol. The van der Waals surface area contributed by atoms with Crippen LogP contribution in [0.4, 0.5) is 4.39 Å². The Hall–Kier alpha value is -3.84. The summed E-state index contributed by atoms with van der Waals surface area (Å²) in [5.74, 6) is -1.89. The van der Waals surface area contributed by atoms with Gasteiger partial charge in [-0.05, 0) is 47.0 Å². The molecule has 0 aliphatic rings. The first-order chi connectivity index (χ1) is 14.1. The molecule has 0 bridgehead atoms. The second kappa shape index (κ2) is 7.65. The molecule has 4 rings (SSSR count). The molecule has 0 saturated heterocycles. The van der Waals surface area contributed by atoms with E-state index in [0.29, 0.717) is 16.7 Å². The molecule has 29 heavy (non-hydrogen) atoms. The molecule has 0 unspecified atom stereocenters. The number of hydrogen-bond acceptors (Lipinski definition) is 5. The maximum atomic E-state index is 13.9. The molecule has 0 atom stereocenters. The van der Waals surface area contributed by atoms with Crippen LogP contribution in [0.1, 0.15) is 15.9 Å². The van der Waals surface area contributed by atoms with E-state index in [2.05, 4.69) is 10.1 Å². The Labute approximate surface area is 164 Å². The zero-order chi connectivity index (χ0) is 20.4. The van der Waals surface area contributed by atoms with Crippen LogP contribution < -0.4 is 0 Å². The van der Waals surface area contributed by atoms with Crippen LogP contribution in [-0.4, -0.2) is 26.3 Å². The molecule has 0 fully saturated rings. The Bertz CT molecular complexity index is 1190. The van der Waals surface area contributed by atoms with Crippen LogP contribution in [0, 0.1) is 5.82 Å². The van der Waals surface area contributed by atoms with Gasteiger partial charge in [0.2, 0.25) is 5.82 Å². The molecule has 0 aliphatic heterocycles. The van der Waals surface area contributed by atoms with Crippen molar-refractivity contribution in [1.82, 2.24) is 10.1 Å². The number of aromatic nitrogens is 2. The van der Waals surface area contributed by atoms with E-state index in [0.717, 1.165) is 23.3 Å². The largest absolute Gasteiger partial charge is 0.478 e. The minimum Gasteiger partial charge on any atom is -0.478 e. The number of rotatable bonds is 5. The fourth-order valence-corrected chi connectivity index (χ4v) is 3.04. The summed E-state index contributed by atoms with van der Waals surface area (Å²) in [5.41, 5.74) is 3.04. The van der Waals surface area contributed by atoms with E-state index in [4.69, 9.17) is 9.63 Å². The van der Waals surface area contributed by atoms with Crippen molar-refractivity contribution in [3.05, 3.63) is 83.7 Å². The highest BCUT2D eigenvalue weighted by Gasteiger charge is 2.16. The van der Waals surface area contributed by atoms with Crippen LogP contribution in [-0.2, 0) is 6.61 Å². The van der Waals surface area contributed by atoms with Crippen molar-refractivity contribution in [2.24, 2.45) is 0 Å². The quantitative estimate of drug-likeness (QED) is 0.524. The van der Waals surface area contributed by atoms with Crippen LogP contribution in [0.3, 0.4) is 0 Å². The van der Waals surface area contributed by atoms with Gasteiger partial charge in [0.1, 0.15) is 5.82 Å². The zero-order valence-electron chi connectivity index (χ0n) is 15.0. The van der Waals surface area contributed by atoms with Gasteiger partial charge in [0, 0.05) is 11.1 Å². The highest BCUT2D eigenvalue weighted by Crippen LogP contribution is 2.29. The van der Waals surface area contributed by atoms with Crippen molar-refractivity contribution in [1.29, 1.82) is 0 Å². The van der Waals surface area contributed by atoms with E-state index < -0.39 is 17.3 Å². The zero-order valence-corrected chi connectivity index (χ0v) is 15.0. The number of aliphatic hydroxyl groups excluding tert-OH is 1. The fraction of sp³-hybridized carbons (Fsp3) is 0.0455. The number of nitrogens with zero attached hydrogens (tertiary/aromatic N) is 2. The van der Waals surface area contributed by atoms with Gasteiger partial charge < -0.3 is 14.7 Å². The molecule has 2 N–H and O–H groups in total. The Morgan fingerprint density at radius 2 is 1.72 bits per heavy atom. The SMILES string of the molecule is O=C(O)c1ccc(-c2noc(-c3ccc(-c4ccccc4)c(CO)c3)n2)cc1F. The summed E-state index contributed by atoms with van der Waals surface area (Å²) in [6.45, 7) is -0.166. The average molecular weight is 390 g/mol. The highest BCUT2D eigenvalue weighted by molar-refractivity contribution is 5.88. The molecule has 0 spiro atoms. The van der Waals surface area contributed by atoms with Gasteiger partial charge >= 0.3 is 5.97 Å². The summed E-state index contributed by atoms with van der Waals surface area (Å²) < 4.78 is 19.2. The van der Waals surface area contributed by atoms with E-state index in [1.54, 1.807) is 12.1 Å². The lowest BCUT2D eigenvalue weighted by Gasteiger charge is -2.08. The molecule has 0 amide bonds. The van der Waals surface area contributed by atoms with E-state index in [9.17, 15) is 14.3 Å². The van der Waals surface area contributed by atoms with Crippen molar-refractivity contribution >= 4 is 5.97 Å². The molecule has 1 aromatic heterocycles. The number of hydrogen-bond donors (Lipinski definition) is 2. The molecule has 144 valence electrons. The summed E-state index contributed by atoms with van der Waals surface area (Å²) in [6, 6.07) is 18.7. The van der Waals surface area contributed by atoms with Gasteiger partial charge in [-0.25, -0.2) is 9.18 Å². The van der Waals surface area contributed by atoms with Crippen molar-refractivity contribution in [3.8, 4) is 34.0 Å². The lowest BCUT2D eigenvalue weighted by molar-refractivity contribution is 0.0692. The maximum absolute atomic E-state index is 13.9. The third-order valence-electron chi connectivity index (χ3n) is 4.49. The van der Waals surface area contributed by atoms with Crippen LogP contribution in [0.2, 0.25) is 0 Å². The molecular formula is C22H15FN2O4. The number of carboxylic acids is 1. The first kappa shape index (κ1) is 18.5. The number of aromatic carboxylic acids is 1. The maximum Gasteiger partial charge on any atom is 0.338 e. The van der Waals surface area contributed by atoms with Crippen molar-refractivity contribution in [2.75, 3.05) is 0 Å². The van der Waals surface area contributed by atoms with Gasteiger partial charge in [-0.3, -0.25) is 0 Å². The van der Waals surface area contributed by atoms with Gasteiger partial charge in [0.15, 0.2) is 0 Å². The first-order valence-corrected chi connectivity index (χ1v) is 8.73. The minimum atomic E-state index is -1.35. The van der Waals surface area contributed by atoms with Gasteiger partial charge in [0.05, 0.1) is 12.2 Å². The predicted molar refractivity (Wildman–Crippen MR) is 103 cm³/mol. The lowest BCUT2D eigenvalue weighted by atomic mass is 9.98. The number of halogens is 1. The van der Waals surface area contributed by atoms with E-state index >= 15 is 0 Å². The van der Waals surface area contributed by atoms with E-state index in [1.165, 1.54) is 6.07 Å². The lowest BCUT2D eigenvalue weighted by Crippen LogP contribution is -2.00. The number of aliphatic hydroxyl groups is 1. The van der Waals surface area contributed by atoms with Gasteiger partial charge in [0.25, 0.3) is 5.89 Å². The van der Waals surface area contributed by atoms with E-state index in [1.807, 2.05) is 36.4 Å². The van der Waals surface area contributed by atoms with Crippen LogP contribution in [0.25, 0.3) is 34.0 Å². The molecule has 3 aromatic carbocycles. The van der Waals surface area contributed by atoms with Crippen LogP contribution in [0.5, 0.6) is 0 Å². The number of carboxylic acid groups (broad SMARTS) is 1. The molecule has 0 aliphatic carbocycles. The first-order valence-electron chi connectivity index (χ1n) is 8.73. The summed E-state index contributed by atoms with van der Waals surface area (Å²) in [6.07, 6.45) is 0. The highest BCUT2D eigenvalue weighted by atomic mass is 19.1. The Morgan fingerprint density at radius 3 is 2.41 bits per heavy atom. The normalized spacial score (nSPS) is 10.8. The Balaban J connectivity index is 1.68. The molecule has 0 radical (unpaired) electrons. The van der Waals surface area contributed by atoms with Gasteiger partial charge in [-0.2, -0.15) is 4.98 Å².